The third kappa shape index (κ3) is 3.52. The lowest BCUT2D eigenvalue weighted by Crippen LogP contribution is -2.66. The molecule has 1 saturated heterocycles. The van der Waals surface area contributed by atoms with Crippen molar-refractivity contribution < 1.29 is 0 Å². The van der Waals surface area contributed by atoms with Crippen LogP contribution in [0.15, 0.2) is 0 Å². The van der Waals surface area contributed by atoms with Gasteiger partial charge in [-0.05, 0) is 37.1 Å². The Hall–Kier alpha value is -0.0800. The van der Waals surface area contributed by atoms with E-state index in [0.29, 0.717) is 17.0 Å². The molecule has 2 rings (SSSR count). The molecule has 0 radical (unpaired) electrons. The molecule has 0 bridgehead atoms. The topological polar surface area (TPSA) is 15.3 Å². The SMILES string of the molecule is CC(C)CCN1CC(C(C)(C)C)NCC12CCCC2. The summed E-state index contributed by atoms with van der Waals surface area (Å²) in [6, 6.07) is 0.644. The summed E-state index contributed by atoms with van der Waals surface area (Å²) in [5.41, 5.74) is 0.868. The highest BCUT2D eigenvalue weighted by Gasteiger charge is 2.45. The molecule has 1 N–H and O–H groups in total. The quantitative estimate of drug-likeness (QED) is 0.838. The smallest absolute Gasteiger partial charge is 0.0334 e. The van der Waals surface area contributed by atoms with Gasteiger partial charge in [-0.3, -0.25) is 4.90 Å². The van der Waals surface area contributed by atoms with Gasteiger partial charge in [0.25, 0.3) is 0 Å². The van der Waals surface area contributed by atoms with Gasteiger partial charge in [0.2, 0.25) is 0 Å². The van der Waals surface area contributed by atoms with Crippen molar-refractivity contribution in [3.05, 3.63) is 0 Å². The molecule has 1 spiro atoms. The molecular formula is C17H34N2. The number of nitrogens with zero attached hydrogens (tertiary/aromatic N) is 1. The van der Waals surface area contributed by atoms with Crippen LogP contribution in [0.25, 0.3) is 0 Å². The zero-order chi connectivity index (χ0) is 14.1. The predicted molar refractivity (Wildman–Crippen MR) is 83.5 cm³/mol. The first-order valence-electron chi connectivity index (χ1n) is 8.32. The first-order chi connectivity index (χ1) is 8.83. The van der Waals surface area contributed by atoms with Crippen LogP contribution in [0.5, 0.6) is 0 Å². The zero-order valence-electron chi connectivity index (χ0n) is 13.8. The standard InChI is InChI=1S/C17H34N2/c1-14(2)8-11-19-12-15(16(3,4)5)18-13-17(19)9-6-7-10-17/h14-15,18H,6-13H2,1-5H3. The molecule has 2 aliphatic rings. The van der Waals surface area contributed by atoms with Gasteiger partial charge < -0.3 is 5.32 Å². The minimum Gasteiger partial charge on any atom is -0.310 e. The third-order valence-corrected chi connectivity index (χ3v) is 5.31. The maximum atomic E-state index is 3.87. The molecule has 1 aliphatic carbocycles. The number of piperazine rings is 1. The van der Waals surface area contributed by atoms with Crippen LogP contribution in [0.3, 0.4) is 0 Å². The number of hydrogen-bond donors (Lipinski definition) is 1. The number of rotatable bonds is 3. The Morgan fingerprint density at radius 3 is 2.37 bits per heavy atom. The van der Waals surface area contributed by atoms with E-state index in [0.717, 1.165) is 5.92 Å². The normalized spacial score (nSPS) is 28.4. The van der Waals surface area contributed by atoms with Gasteiger partial charge in [0, 0.05) is 24.7 Å². The summed E-state index contributed by atoms with van der Waals surface area (Å²) in [7, 11) is 0. The van der Waals surface area contributed by atoms with Crippen molar-refractivity contribution >= 4 is 0 Å². The maximum Gasteiger partial charge on any atom is 0.0334 e. The molecule has 19 heavy (non-hydrogen) atoms. The highest BCUT2D eigenvalue weighted by atomic mass is 15.3. The van der Waals surface area contributed by atoms with E-state index in [1.807, 2.05) is 0 Å². The van der Waals surface area contributed by atoms with Crippen molar-refractivity contribution in [1.82, 2.24) is 10.2 Å². The largest absolute Gasteiger partial charge is 0.310 e. The van der Waals surface area contributed by atoms with Crippen molar-refractivity contribution in [1.29, 1.82) is 0 Å². The summed E-state index contributed by atoms with van der Waals surface area (Å²) in [5.74, 6) is 0.821. The number of nitrogens with one attached hydrogen (secondary N) is 1. The first kappa shape index (κ1) is 15.3. The predicted octanol–water partition coefficient (Wildman–Crippen LogP) is 3.67. The lowest BCUT2D eigenvalue weighted by atomic mass is 9.81. The molecule has 1 atom stereocenters. The Kier molecular flexibility index (Phi) is 4.62. The van der Waals surface area contributed by atoms with Gasteiger partial charge in [-0.1, -0.05) is 47.5 Å². The summed E-state index contributed by atoms with van der Waals surface area (Å²) in [5, 5.41) is 3.87. The zero-order valence-corrected chi connectivity index (χ0v) is 13.8. The average molecular weight is 266 g/mol. The van der Waals surface area contributed by atoms with Gasteiger partial charge in [-0.2, -0.15) is 0 Å². The second-order valence-corrected chi connectivity index (χ2v) is 8.36. The fourth-order valence-corrected chi connectivity index (χ4v) is 3.75. The Bertz CT molecular complexity index is 284. The van der Waals surface area contributed by atoms with E-state index in [4.69, 9.17) is 0 Å². The van der Waals surface area contributed by atoms with E-state index in [2.05, 4.69) is 44.8 Å². The molecule has 112 valence electrons. The van der Waals surface area contributed by atoms with Gasteiger partial charge >= 0.3 is 0 Å². The molecule has 1 saturated carbocycles. The van der Waals surface area contributed by atoms with E-state index in [-0.39, 0.29) is 0 Å². The van der Waals surface area contributed by atoms with Gasteiger partial charge in [0.15, 0.2) is 0 Å². The Balaban J connectivity index is 2.05. The highest BCUT2D eigenvalue weighted by Crippen LogP contribution is 2.39. The van der Waals surface area contributed by atoms with Crippen LogP contribution >= 0.6 is 0 Å². The van der Waals surface area contributed by atoms with Crippen molar-refractivity contribution in [2.24, 2.45) is 11.3 Å². The Labute approximate surface area is 120 Å². The molecule has 0 aromatic rings. The fraction of sp³-hybridized carbons (Fsp3) is 1.00. The first-order valence-corrected chi connectivity index (χ1v) is 8.32. The lowest BCUT2D eigenvalue weighted by molar-refractivity contribution is 0.0142. The molecule has 1 heterocycles. The molecular weight excluding hydrogens is 232 g/mol. The van der Waals surface area contributed by atoms with Crippen molar-refractivity contribution in [3.63, 3.8) is 0 Å². The van der Waals surface area contributed by atoms with Crippen LogP contribution in [-0.4, -0.2) is 36.1 Å². The second-order valence-electron chi connectivity index (χ2n) is 8.36. The summed E-state index contributed by atoms with van der Waals surface area (Å²) in [6.07, 6.45) is 7.03. The van der Waals surface area contributed by atoms with Crippen LogP contribution in [0.4, 0.5) is 0 Å². The molecule has 1 aliphatic heterocycles. The Morgan fingerprint density at radius 2 is 1.84 bits per heavy atom. The summed E-state index contributed by atoms with van der Waals surface area (Å²) >= 11 is 0. The molecule has 0 amide bonds. The van der Waals surface area contributed by atoms with Crippen LogP contribution < -0.4 is 5.32 Å². The molecule has 1 unspecified atom stereocenters. The number of hydrogen-bond acceptors (Lipinski definition) is 2. The van der Waals surface area contributed by atoms with E-state index >= 15 is 0 Å². The third-order valence-electron chi connectivity index (χ3n) is 5.31. The van der Waals surface area contributed by atoms with Crippen LogP contribution in [0, 0.1) is 11.3 Å². The molecule has 0 aromatic carbocycles. The van der Waals surface area contributed by atoms with E-state index in [9.17, 15) is 0 Å². The monoisotopic (exact) mass is 266 g/mol. The minimum absolute atomic E-state index is 0.371. The van der Waals surface area contributed by atoms with Crippen molar-refractivity contribution in [2.45, 2.75) is 78.3 Å². The fourth-order valence-electron chi connectivity index (χ4n) is 3.75. The Morgan fingerprint density at radius 1 is 1.21 bits per heavy atom. The molecule has 0 aromatic heterocycles. The van der Waals surface area contributed by atoms with E-state index in [1.54, 1.807) is 0 Å². The van der Waals surface area contributed by atoms with Gasteiger partial charge in [-0.15, -0.1) is 0 Å². The molecule has 2 nitrogen and oxygen atoms in total. The molecule has 2 heteroatoms. The lowest BCUT2D eigenvalue weighted by Gasteiger charge is -2.51. The summed E-state index contributed by atoms with van der Waals surface area (Å²) in [4.78, 5) is 2.85. The van der Waals surface area contributed by atoms with Crippen LogP contribution in [0.2, 0.25) is 0 Å². The van der Waals surface area contributed by atoms with Gasteiger partial charge in [-0.25, -0.2) is 0 Å². The van der Waals surface area contributed by atoms with Crippen molar-refractivity contribution in [3.8, 4) is 0 Å². The van der Waals surface area contributed by atoms with E-state index in [1.165, 1.54) is 51.7 Å². The minimum atomic E-state index is 0.371. The maximum absolute atomic E-state index is 3.87. The highest BCUT2D eigenvalue weighted by molar-refractivity contribution is 5.03. The van der Waals surface area contributed by atoms with Crippen LogP contribution in [-0.2, 0) is 0 Å². The van der Waals surface area contributed by atoms with Gasteiger partial charge in [0.1, 0.15) is 0 Å². The summed E-state index contributed by atoms with van der Waals surface area (Å²) in [6.45, 7) is 15.6. The average Bonchev–Trinajstić information content (AvgIpc) is 2.75. The van der Waals surface area contributed by atoms with Crippen LogP contribution in [0.1, 0.15) is 66.7 Å². The second kappa shape index (κ2) is 5.73. The van der Waals surface area contributed by atoms with E-state index < -0.39 is 0 Å². The summed E-state index contributed by atoms with van der Waals surface area (Å²) < 4.78 is 0. The molecule has 2 fully saturated rings. The van der Waals surface area contributed by atoms with Gasteiger partial charge in [0.05, 0.1) is 0 Å². The van der Waals surface area contributed by atoms with Crippen molar-refractivity contribution in [2.75, 3.05) is 19.6 Å².